The Labute approximate surface area is 198 Å². The number of likely N-dealkylation sites (tertiary alicyclic amines) is 1. The highest BCUT2D eigenvalue weighted by Gasteiger charge is 2.39. The van der Waals surface area contributed by atoms with Crippen molar-refractivity contribution in [1.29, 1.82) is 0 Å². The molecule has 0 radical (unpaired) electrons. The van der Waals surface area contributed by atoms with Crippen molar-refractivity contribution in [3.63, 3.8) is 0 Å². The van der Waals surface area contributed by atoms with Crippen LogP contribution in [-0.2, 0) is 4.74 Å². The third-order valence-corrected chi connectivity index (χ3v) is 7.65. The van der Waals surface area contributed by atoms with Gasteiger partial charge in [-0.25, -0.2) is 4.79 Å². The summed E-state index contributed by atoms with van der Waals surface area (Å²) in [5.74, 6) is 0. The van der Waals surface area contributed by atoms with E-state index in [1.165, 1.54) is 19.3 Å². The number of para-hydroxylation sites is 1. The number of urea groups is 1. The number of carbonyl (C=O) groups is 1. The zero-order chi connectivity index (χ0) is 22.7. The van der Waals surface area contributed by atoms with Crippen molar-refractivity contribution in [1.82, 2.24) is 9.80 Å². The predicted octanol–water partition coefficient (Wildman–Crippen LogP) is 5.22. The minimum absolute atomic E-state index is 0.0869. The molecule has 1 saturated carbocycles. The number of hydrogen-bond donors (Lipinski definition) is 1. The first-order chi connectivity index (χ1) is 15.3. The molecule has 0 spiro atoms. The first-order valence-electron chi connectivity index (χ1n) is 12.4. The lowest BCUT2D eigenvalue weighted by Crippen LogP contribution is -2.49. The molecule has 0 aromatic heterocycles. The Kier molecular flexibility index (Phi) is 7.53. The average molecular weight is 463 g/mol. The topological polar surface area (TPSA) is 48.0 Å². The molecule has 6 nitrogen and oxygen atoms in total. The van der Waals surface area contributed by atoms with Gasteiger partial charge in [-0.15, -0.1) is 0 Å². The molecular formula is C25H39ClN4O2. The van der Waals surface area contributed by atoms with E-state index in [0.717, 1.165) is 56.8 Å². The highest BCUT2D eigenvalue weighted by molar-refractivity contribution is 6.34. The van der Waals surface area contributed by atoms with Crippen LogP contribution in [-0.4, -0.2) is 72.8 Å². The molecule has 32 heavy (non-hydrogen) atoms. The zero-order valence-corrected chi connectivity index (χ0v) is 20.7. The van der Waals surface area contributed by atoms with Crippen LogP contribution < -0.4 is 10.2 Å². The second kappa shape index (κ2) is 10.2. The second-order valence-electron chi connectivity index (χ2n) is 10.2. The van der Waals surface area contributed by atoms with Gasteiger partial charge < -0.3 is 19.9 Å². The minimum Gasteiger partial charge on any atom is -0.370 e. The van der Waals surface area contributed by atoms with E-state index in [4.69, 9.17) is 16.3 Å². The van der Waals surface area contributed by atoms with Gasteiger partial charge in [-0.05, 0) is 52.2 Å². The first kappa shape index (κ1) is 23.7. The van der Waals surface area contributed by atoms with Gasteiger partial charge in [0.2, 0.25) is 0 Å². The predicted molar refractivity (Wildman–Crippen MR) is 132 cm³/mol. The number of amides is 2. The fraction of sp³-hybridized carbons (Fsp3) is 0.720. The van der Waals surface area contributed by atoms with Crippen molar-refractivity contribution in [2.45, 2.75) is 77.0 Å². The lowest BCUT2D eigenvalue weighted by atomic mass is 9.96. The molecule has 1 aliphatic carbocycles. The summed E-state index contributed by atoms with van der Waals surface area (Å²) in [6.45, 7) is 11.9. The molecule has 178 valence electrons. The van der Waals surface area contributed by atoms with E-state index in [9.17, 15) is 4.79 Å². The van der Waals surface area contributed by atoms with Gasteiger partial charge in [0.05, 0.1) is 34.6 Å². The maximum absolute atomic E-state index is 13.2. The van der Waals surface area contributed by atoms with Gasteiger partial charge in [-0.2, -0.15) is 0 Å². The number of nitrogens with one attached hydrogen (secondary N) is 1. The molecule has 7 heteroatoms. The summed E-state index contributed by atoms with van der Waals surface area (Å²) in [5, 5.41) is 3.72. The fourth-order valence-electron chi connectivity index (χ4n) is 5.35. The monoisotopic (exact) mass is 462 g/mol. The summed E-state index contributed by atoms with van der Waals surface area (Å²) < 4.78 is 6.48. The molecule has 3 fully saturated rings. The van der Waals surface area contributed by atoms with E-state index < -0.39 is 0 Å². The molecule has 2 amide bonds. The van der Waals surface area contributed by atoms with Crippen molar-refractivity contribution in [2.24, 2.45) is 0 Å². The number of piperazine rings is 1. The van der Waals surface area contributed by atoms with Gasteiger partial charge in [-0.3, -0.25) is 4.90 Å². The minimum atomic E-state index is -0.254. The molecule has 1 aromatic carbocycles. The number of carbonyl (C=O) groups excluding carboxylic acids is 1. The van der Waals surface area contributed by atoms with Crippen molar-refractivity contribution in [3.8, 4) is 0 Å². The summed E-state index contributed by atoms with van der Waals surface area (Å²) in [5.41, 5.74) is 1.48. The van der Waals surface area contributed by atoms with E-state index in [0.29, 0.717) is 30.3 Å². The Hall–Kier alpha value is -1.50. The molecule has 2 heterocycles. The first-order valence-corrected chi connectivity index (χ1v) is 12.7. The molecular weight excluding hydrogens is 424 g/mol. The quantitative estimate of drug-likeness (QED) is 0.652. The van der Waals surface area contributed by atoms with Crippen molar-refractivity contribution in [3.05, 3.63) is 23.2 Å². The van der Waals surface area contributed by atoms with Gasteiger partial charge in [0.15, 0.2) is 0 Å². The average Bonchev–Trinajstić information content (AvgIpc) is 3.17. The highest BCUT2D eigenvalue weighted by atomic mass is 35.5. The molecule has 1 atom stereocenters. The van der Waals surface area contributed by atoms with Gasteiger partial charge in [0.25, 0.3) is 0 Å². The lowest BCUT2D eigenvalue weighted by Gasteiger charge is -2.39. The molecule has 3 aliphatic rings. The smallest absolute Gasteiger partial charge is 0.322 e. The molecule has 0 bridgehead atoms. The molecule has 2 aliphatic heterocycles. The van der Waals surface area contributed by atoms with Crippen LogP contribution in [0.1, 0.15) is 59.3 Å². The second-order valence-corrected chi connectivity index (χ2v) is 10.6. The Morgan fingerprint density at radius 1 is 1.12 bits per heavy atom. The molecule has 4 rings (SSSR count). The van der Waals surface area contributed by atoms with Crippen LogP contribution in [0.5, 0.6) is 0 Å². The zero-order valence-electron chi connectivity index (χ0n) is 19.9. The summed E-state index contributed by atoms with van der Waals surface area (Å²) in [6, 6.07) is 6.35. The summed E-state index contributed by atoms with van der Waals surface area (Å²) in [7, 11) is 0. The Bertz CT molecular complexity index is 790. The molecule has 1 N–H and O–H groups in total. The standard InChI is InChI=1S/C25H39ClN4O2/c1-19(2)28-14-16-29(17-15-28)22-11-7-10-21(26)23(22)27-24(31)30-13-12-25(3,18-30)32-20-8-5-4-6-9-20/h7,10-11,19-20H,4-6,8-9,12-18H2,1-3H3,(H,27,31)/t25-/m0/s1. The maximum Gasteiger partial charge on any atom is 0.322 e. The fourth-order valence-corrected chi connectivity index (χ4v) is 5.57. The van der Waals surface area contributed by atoms with E-state index in [1.807, 2.05) is 17.0 Å². The number of hydrogen-bond acceptors (Lipinski definition) is 4. The summed E-state index contributed by atoms with van der Waals surface area (Å²) in [4.78, 5) is 19.9. The highest BCUT2D eigenvalue weighted by Crippen LogP contribution is 2.36. The number of halogens is 1. The lowest BCUT2D eigenvalue weighted by molar-refractivity contribution is -0.0862. The van der Waals surface area contributed by atoms with Gasteiger partial charge in [-0.1, -0.05) is 36.9 Å². The van der Waals surface area contributed by atoms with Gasteiger partial charge in [0.1, 0.15) is 0 Å². The van der Waals surface area contributed by atoms with Gasteiger partial charge in [0, 0.05) is 38.8 Å². The number of nitrogens with zero attached hydrogens (tertiary/aromatic N) is 3. The Balaban J connectivity index is 1.39. The summed E-state index contributed by atoms with van der Waals surface area (Å²) in [6.07, 6.45) is 7.35. The number of anilines is 2. The van der Waals surface area contributed by atoms with Crippen LogP contribution >= 0.6 is 11.6 Å². The van der Waals surface area contributed by atoms with Crippen molar-refractivity contribution < 1.29 is 9.53 Å². The Morgan fingerprint density at radius 3 is 2.53 bits per heavy atom. The molecule has 0 unspecified atom stereocenters. The van der Waals surface area contributed by atoms with Crippen molar-refractivity contribution >= 4 is 29.0 Å². The van der Waals surface area contributed by atoms with E-state index in [2.05, 4.69) is 42.0 Å². The van der Waals surface area contributed by atoms with Crippen LogP contribution in [0.15, 0.2) is 18.2 Å². The van der Waals surface area contributed by atoms with Crippen LogP contribution in [0.2, 0.25) is 5.02 Å². The number of benzene rings is 1. The van der Waals surface area contributed by atoms with Gasteiger partial charge >= 0.3 is 6.03 Å². The van der Waals surface area contributed by atoms with Crippen LogP contribution in [0.25, 0.3) is 0 Å². The SMILES string of the molecule is CC(C)N1CCN(c2cccc(Cl)c2NC(=O)N2CC[C@](C)(OC3CCCCC3)C2)CC1. The molecule has 1 aromatic rings. The number of rotatable bonds is 5. The maximum atomic E-state index is 13.2. The third kappa shape index (κ3) is 5.52. The number of ether oxygens (including phenoxy) is 1. The van der Waals surface area contributed by atoms with Crippen LogP contribution in [0.4, 0.5) is 16.2 Å². The third-order valence-electron chi connectivity index (χ3n) is 7.34. The van der Waals surface area contributed by atoms with E-state index in [-0.39, 0.29) is 11.6 Å². The van der Waals surface area contributed by atoms with Crippen LogP contribution in [0, 0.1) is 0 Å². The normalized spacial score (nSPS) is 25.5. The Morgan fingerprint density at radius 2 is 1.84 bits per heavy atom. The summed E-state index contributed by atoms with van der Waals surface area (Å²) >= 11 is 6.57. The van der Waals surface area contributed by atoms with E-state index in [1.54, 1.807) is 0 Å². The molecule has 2 saturated heterocycles. The van der Waals surface area contributed by atoms with Crippen molar-refractivity contribution in [2.75, 3.05) is 49.5 Å². The van der Waals surface area contributed by atoms with Crippen LogP contribution in [0.3, 0.4) is 0 Å². The largest absolute Gasteiger partial charge is 0.370 e. The van der Waals surface area contributed by atoms with E-state index >= 15 is 0 Å².